The molecule has 1 aromatic carbocycles. The van der Waals surface area contributed by atoms with Gasteiger partial charge in [-0.05, 0) is 24.3 Å². The molecule has 0 aromatic heterocycles. The van der Waals surface area contributed by atoms with E-state index in [1.807, 2.05) is 12.1 Å². The first-order valence-corrected chi connectivity index (χ1v) is 6.18. The number of rotatable bonds is 3. The Bertz CT molecular complexity index is 403. The van der Waals surface area contributed by atoms with E-state index in [9.17, 15) is 4.79 Å². The average molecular weight is 302 g/mol. The Balaban J connectivity index is 2.32. The Morgan fingerprint density at radius 2 is 2.06 bits per heavy atom. The lowest BCUT2D eigenvalue weighted by Gasteiger charge is -1.97. The lowest BCUT2D eigenvalue weighted by atomic mass is 10.2. The van der Waals surface area contributed by atoms with Gasteiger partial charge in [0.2, 0.25) is 0 Å². The summed E-state index contributed by atoms with van der Waals surface area (Å²) in [5, 5.41) is 0.911. The molecule has 1 rings (SSSR count). The van der Waals surface area contributed by atoms with Gasteiger partial charge < -0.3 is 4.74 Å². The van der Waals surface area contributed by atoms with Crippen LogP contribution in [-0.2, 0) is 9.53 Å². The smallest absolute Gasteiger partial charge is 0.316 e. The molecular weight excluding hydrogens is 291 g/mol. The molecular formula is C12H10BrClO2. The van der Waals surface area contributed by atoms with Crippen molar-refractivity contribution in [3.63, 3.8) is 0 Å². The average Bonchev–Trinajstić information content (AvgIpc) is 2.31. The van der Waals surface area contributed by atoms with Crippen LogP contribution in [0.15, 0.2) is 24.3 Å². The van der Waals surface area contributed by atoms with Gasteiger partial charge in [-0.25, -0.2) is 0 Å². The lowest BCUT2D eigenvalue weighted by molar-refractivity contribution is -0.140. The van der Waals surface area contributed by atoms with E-state index in [1.165, 1.54) is 0 Å². The van der Waals surface area contributed by atoms with Crippen LogP contribution < -0.4 is 0 Å². The fourth-order valence-corrected chi connectivity index (χ4v) is 1.24. The van der Waals surface area contributed by atoms with Crippen molar-refractivity contribution >= 4 is 33.5 Å². The summed E-state index contributed by atoms with van der Waals surface area (Å²) >= 11 is 8.74. The molecule has 0 spiro atoms. The Morgan fingerprint density at radius 1 is 1.38 bits per heavy atom. The first kappa shape index (κ1) is 13.1. The molecule has 2 nitrogen and oxygen atoms in total. The largest absolute Gasteiger partial charge is 0.464 e. The quantitative estimate of drug-likeness (QED) is 0.371. The summed E-state index contributed by atoms with van der Waals surface area (Å²) in [6.45, 7) is 0.324. The summed E-state index contributed by atoms with van der Waals surface area (Å²) in [6.07, 6.45) is 0.529. The SMILES string of the molecule is O=C(CBr)OCCC#Cc1ccc(Cl)cc1. The zero-order chi connectivity index (χ0) is 11.8. The maximum atomic E-state index is 10.8. The Morgan fingerprint density at radius 3 is 2.69 bits per heavy atom. The standard InChI is InChI=1S/C12H10BrClO2/c13-9-12(15)16-8-2-1-3-10-4-6-11(14)7-5-10/h4-7H,2,8-9H2. The summed E-state index contributed by atoms with van der Waals surface area (Å²) in [4.78, 5) is 10.8. The monoisotopic (exact) mass is 300 g/mol. The van der Waals surface area contributed by atoms with Crippen molar-refractivity contribution < 1.29 is 9.53 Å². The fraction of sp³-hybridized carbons (Fsp3) is 0.250. The van der Waals surface area contributed by atoms with Gasteiger partial charge in [-0.15, -0.1) is 0 Å². The highest BCUT2D eigenvalue weighted by molar-refractivity contribution is 9.09. The number of carbonyl (C=O) groups excluding carboxylic acids is 1. The molecule has 0 unspecified atom stereocenters. The van der Waals surface area contributed by atoms with E-state index in [2.05, 4.69) is 27.8 Å². The van der Waals surface area contributed by atoms with Gasteiger partial charge in [0.25, 0.3) is 0 Å². The van der Waals surface area contributed by atoms with Crippen LogP contribution in [0.2, 0.25) is 5.02 Å². The fourth-order valence-electron chi connectivity index (χ4n) is 0.952. The van der Waals surface area contributed by atoms with Crippen LogP contribution in [-0.4, -0.2) is 17.9 Å². The van der Waals surface area contributed by atoms with Crippen molar-refractivity contribution in [2.45, 2.75) is 6.42 Å². The minimum absolute atomic E-state index is 0.220. The van der Waals surface area contributed by atoms with Gasteiger partial charge in [0.15, 0.2) is 0 Å². The topological polar surface area (TPSA) is 26.3 Å². The van der Waals surface area contributed by atoms with Gasteiger partial charge in [0, 0.05) is 17.0 Å². The number of ether oxygens (including phenoxy) is 1. The third-order valence-electron chi connectivity index (χ3n) is 1.68. The minimum Gasteiger partial charge on any atom is -0.464 e. The molecule has 0 aliphatic heterocycles. The van der Waals surface area contributed by atoms with E-state index in [0.29, 0.717) is 18.1 Å². The second-order valence-electron chi connectivity index (χ2n) is 2.91. The van der Waals surface area contributed by atoms with Gasteiger partial charge >= 0.3 is 5.97 Å². The highest BCUT2D eigenvalue weighted by atomic mass is 79.9. The number of halogens is 2. The summed E-state index contributed by atoms with van der Waals surface area (Å²) in [7, 11) is 0. The Labute approximate surface area is 108 Å². The van der Waals surface area contributed by atoms with Crippen molar-refractivity contribution in [1.29, 1.82) is 0 Å². The third-order valence-corrected chi connectivity index (χ3v) is 2.39. The molecule has 0 saturated carbocycles. The second kappa shape index (κ2) is 7.32. The van der Waals surface area contributed by atoms with Crippen LogP contribution in [0.5, 0.6) is 0 Å². The second-order valence-corrected chi connectivity index (χ2v) is 3.91. The molecule has 0 bridgehead atoms. The van der Waals surface area contributed by atoms with Crippen LogP contribution in [0.3, 0.4) is 0 Å². The number of benzene rings is 1. The van der Waals surface area contributed by atoms with Gasteiger partial charge in [0.05, 0.1) is 0 Å². The highest BCUT2D eigenvalue weighted by Crippen LogP contribution is 2.08. The molecule has 16 heavy (non-hydrogen) atoms. The molecule has 84 valence electrons. The molecule has 0 aliphatic carbocycles. The van der Waals surface area contributed by atoms with Crippen molar-refractivity contribution in [3.05, 3.63) is 34.9 Å². The summed E-state index contributed by atoms with van der Waals surface area (Å²) in [5.41, 5.74) is 0.899. The van der Waals surface area contributed by atoms with E-state index >= 15 is 0 Å². The summed E-state index contributed by atoms with van der Waals surface area (Å²) < 4.78 is 4.84. The Kier molecular flexibility index (Phi) is 5.99. The van der Waals surface area contributed by atoms with Gasteiger partial charge in [-0.1, -0.05) is 39.4 Å². The predicted molar refractivity (Wildman–Crippen MR) is 67.7 cm³/mol. The molecule has 1 aromatic rings. The van der Waals surface area contributed by atoms with Crippen molar-refractivity contribution in [2.24, 2.45) is 0 Å². The molecule has 0 radical (unpaired) electrons. The first-order valence-electron chi connectivity index (χ1n) is 4.68. The minimum atomic E-state index is -0.270. The first-order chi connectivity index (χ1) is 7.72. The van der Waals surface area contributed by atoms with Crippen LogP contribution >= 0.6 is 27.5 Å². The van der Waals surface area contributed by atoms with Crippen LogP contribution in [0, 0.1) is 11.8 Å². The molecule has 0 fully saturated rings. The zero-order valence-electron chi connectivity index (χ0n) is 8.50. The van der Waals surface area contributed by atoms with Crippen LogP contribution in [0.4, 0.5) is 0 Å². The molecule has 0 heterocycles. The number of hydrogen-bond acceptors (Lipinski definition) is 2. The molecule has 0 atom stereocenters. The van der Waals surface area contributed by atoms with E-state index < -0.39 is 0 Å². The molecule has 0 N–H and O–H groups in total. The number of alkyl halides is 1. The summed E-state index contributed by atoms with van der Waals surface area (Å²) in [5.74, 6) is 5.60. The maximum Gasteiger partial charge on any atom is 0.316 e. The lowest BCUT2D eigenvalue weighted by Crippen LogP contribution is -2.05. The zero-order valence-corrected chi connectivity index (χ0v) is 10.8. The van der Waals surface area contributed by atoms with Crippen molar-refractivity contribution in [3.8, 4) is 11.8 Å². The normalized spacial score (nSPS) is 9.12. The highest BCUT2D eigenvalue weighted by Gasteiger charge is 1.96. The van der Waals surface area contributed by atoms with E-state index in [4.69, 9.17) is 16.3 Å². The van der Waals surface area contributed by atoms with E-state index in [0.717, 1.165) is 5.56 Å². The third kappa shape index (κ3) is 5.20. The van der Waals surface area contributed by atoms with Crippen molar-refractivity contribution in [1.82, 2.24) is 0 Å². The number of carbonyl (C=O) groups is 1. The maximum absolute atomic E-state index is 10.8. The number of esters is 1. The van der Waals surface area contributed by atoms with Gasteiger partial charge in [-0.2, -0.15) is 0 Å². The van der Waals surface area contributed by atoms with Crippen LogP contribution in [0.25, 0.3) is 0 Å². The van der Waals surface area contributed by atoms with Crippen LogP contribution in [0.1, 0.15) is 12.0 Å². The Hall–Kier alpha value is -0.980. The van der Waals surface area contributed by atoms with Gasteiger partial charge in [0.1, 0.15) is 11.9 Å². The van der Waals surface area contributed by atoms with E-state index in [1.54, 1.807) is 12.1 Å². The number of hydrogen-bond donors (Lipinski definition) is 0. The summed E-state index contributed by atoms with van der Waals surface area (Å²) in [6, 6.07) is 7.27. The van der Waals surface area contributed by atoms with E-state index in [-0.39, 0.29) is 11.3 Å². The molecule has 0 amide bonds. The van der Waals surface area contributed by atoms with Crippen molar-refractivity contribution in [2.75, 3.05) is 11.9 Å². The molecule has 4 heteroatoms. The molecule has 0 saturated heterocycles. The molecule has 0 aliphatic rings. The van der Waals surface area contributed by atoms with Gasteiger partial charge in [-0.3, -0.25) is 4.79 Å². The predicted octanol–water partition coefficient (Wildman–Crippen LogP) is 3.02.